The molecular weight excluding hydrogens is 186 g/mol. The summed E-state index contributed by atoms with van der Waals surface area (Å²) in [5.41, 5.74) is 5.73. The molecule has 0 bridgehead atoms. The largest absolute Gasteiger partial charge is 0.357 e. The number of hydrogen-bond donors (Lipinski definition) is 4. The van der Waals surface area contributed by atoms with Gasteiger partial charge in [-0.3, -0.25) is 15.4 Å². The van der Waals surface area contributed by atoms with Gasteiger partial charge >= 0.3 is 6.03 Å². The quantitative estimate of drug-likeness (QED) is 0.376. The van der Waals surface area contributed by atoms with Crippen LogP contribution in [0.2, 0.25) is 0 Å². The van der Waals surface area contributed by atoms with E-state index in [4.69, 9.17) is 5.21 Å². The van der Waals surface area contributed by atoms with Gasteiger partial charge in [0, 0.05) is 5.56 Å². The molecule has 0 spiro atoms. The fourth-order valence-electron chi connectivity index (χ4n) is 0.803. The van der Waals surface area contributed by atoms with Crippen LogP contribution >= 0.6 is 0 Å². The second-order valence-corrected chi connectivity index (χ2v) is 2.39. The van der Waals surface area contributed by atoms with Crippen molar-refractivity contribution in [2.75, 3.05) is 0 Å². The summed E-state index contributed by atoms with van der Waals surface area (Å²) >= 11 is 0. The first-order chi connectivity index (χ1) is 6.74. The van der Waals surface area contributed by atoms with E-state index in [1.54, 1.807) is 30.3 Å². The molecule has 0 fully saturated rings. The number of rotatable bonds is 1. The fourth-order valence-corrected chi connectivity index (χ4v) is 0.803. The van der Waals surface area contributed by atoms with Crippen LogP contribution in [0, 0.1) is 0 Å². The predicted octanol–water partition coefficient (Wildman–Crippen LogP) is 0.0198. The fraction of sp³-hybridized carbons (Fsp3) is 0. The smallest absolute Gasteiger partial charge is 0.287 e. The zero-order valence-corrected chi connectivity index (χ0v) is 7.15. The van der Waals surface area contributed by atoms with Crippen molar-refractivity contribution in [3.05, 3.63) is 35.9 Å². The van der Waals surface area contributed by atoms with Crippen molar-refractivity contribution >= 4 is 11.9 Å². The first-order valence-corrected chi connectivity index (χ1v) is 3.79. The summed E-state index contributed by atoms with van der Waals surface area (Å²) in [5.74, 6) is -0.464. The third-order valence-electron chi connectivity index (χ3n) is 1.43. The molecule has 0 unspecified atom stereocenters. The molecule has 14 heavy (non-hydrogen) atoms. The third kappa shape index (κ3) is 2.76. The second kappa shape index (κ2) is 4.83. The molecule has 1 aromatic carbocycles. The first kappa shape index (κ1) is 10.0. The van der Waals surface area contributed by atoms with Crippen LogP contribution in [0.25, 0.3) is 0 Å². The molecule has 0 saturated carbocycles. The van der Waals surface area contributed by atoms with Crippen molar-refractivity contribution in [1.82, 2.24) is 16.3 Å². The van der Waals surface area contributed by atoms with Crippen LogP contribution in [0.15, 0.2) is 30.3 Å². The van der Waals surface area contributed by atoms with Gasteiger partial charge < -0.3 is 0 Å². The lowest BCUT2D eigenvalue weighted by Crippen LogP contribution is -2.45. The van der Waals surface area contributed by atoms with Crippen LogP contribution < -0.4 is 16.3 Å². The van der Waals surface area contributed by atoms with Crippen molar-refractivity contribution < 1.29 is 14.8 Å². The lowest BCUT2D eigenvalue weighted by molar-refractivity contribution is 0.0927. The Labute approximate surface area is 79.9 Å². The molecule has 4 N–H and O–H groups in total. The van der Waals surface area contributed by atoms with Gasteiger partial charge in [-0.05, 0) is 12.1 Å². The summed E-state index contributed by atoms with van der Waals surface area (Å²) in [5, 5.41) is 8.10. The lowest BCUT2D eigenvalue weighted by Gasteiger charge is -2.05. The van der Waals surface area contributed by atoms with Crippen LogP contribution in [-0.2, 0) is 0 Å². The summed E-state index contributed by atoms with van der Waals surface area (Å²) in [6.07, 6.45) is 0. The van der Waals surface area contributed by atoms with Gasteiger partial charge in [0.2, 0.25) is 0 Å². The van der Waals surface area contributed by atoms with E-state index in [0.717, 1.165) is 0 Å². The molecule has 74 valence electrons. The number of urea groups is 1. The van der Waals surface area contributed by atoms with Gasteiger partial charge in [-0.15, -0.1) is 0 Å². The van der Waals surface area contributed by atoms with Gasteiger partial charge in [-0.2, -0.15) is 0 Å². The maximum atomic E-state index is 11.2. The van der Waals surface area contributed by atoms with Crippen LogP contribution in [0.3, 0.4) is 0 Å². The Morgan fingerprint density at radius 1 is 1.07 bits per heavy atom. The van der Waals surface area contributed by atoms with Gasteiger partial charge in [-0.25, -0.2) is 15.7 Å². The monoisotopic (exact) mass is 195 g/mol. The van der Waals surface area contributed by atoms with Crippen LogP contribution in [0.4, 0.5) is 4.79 Å². The van der Waals surface area contributed by atoms with E-state index < -0.39 is 11.9 Å². The maximum absolute atomic E-state index is 11.2. The molecule has 0 heterocycles. The molecule has 6 heteroatoms. The highest BCUT2D eigenvalue weighted by molar-refractivity contribution is 5.95. The highest BCUT2D eigenvalue weighted by Gasteiger charge is 2.04. The van der Waals surface area contributed by atoms with Gasteiger partial charge in [0.25, 0.3) is 5.91 Å². The Morgan fingerprint density at radius 2 is 1.71 bits per heavy atom. The topological polar surface area (TPSA) is 90.5 Å². The molecular formula is C8H9N3O3. The summed E-state index contributed by atoms with van der Waals surface area (Å²) in [4.78, 5) is 21.7. The third-order valence-corrected chi connectivity index (χ3v) is 1.43. The number of hydrazine groups is 1. The number of carbonyl (C=O) groups is 2. The van der Waals surface area contributed by atoms with Crippen molar-refractivity contribution in [1.29, 1.82) is 0 Å². The Balaban J connectivity index is 2.48. The van der Waals surface area contributed by atoms with E-state index in [2.05, 4.69) is 5.43 Å². The summed E-state index contributed by atoms with van der Waals surface area (Å²) in [6.45, 7) is 0. The lowest BCUT2D eigenvalue weighted by atomic mass is 10.2. The van der Waals surface area contributed by atoms with Gasteiger partial charge in [0.15, 0.2) is 0 Å². The number of hydrogen-bond acceptors (Lipinski definition) is 3. The average Bonchev–Trinajstić information content (AvgIpc) is 2.26. The van der Waals surface area contributed by atoms with E-state index in [1.165, 1.54) is 5.48 Å². The van der Waals surface area contributed by atoms with Crippen molar-refractivity contribution in [3.8, 4) is 0 Å². The Bertz CT molecular complexity index is 326. The Kier molecular flexibility index (Phi) is 3.45. The first-order valence-electron chi connectivity index (χ1n) is 3.79. The minimum absolute atomic E-state index is 0.408. The Morgan fingerprint density at radius 3 is 2.29 bits per heavy atom. The highest BCUT2D eigenvalue weighted by Crippen LogP contribution is 1.96. The standard InChI is InChI=1S/C8H9N3O3/c12-7(9-10-8(13)11-14)6-4-2-1-3-5-6/h1-5,14H,(H,9,12)(H2,10,11,13). The van der Waals surface area contributed by atoms with Crippen molar-refractivity contribution in [2.45, 2.75) is 0 Å². The van der Waals surface area contributed by atoms with Crippen LogP contribution in [0.5, 0.6) is 0 Å². The van der Waals surface area contributed by atoms with E-state index in [9.17, 15) is 9.59 Å². The number of amides is 3. The molecule has 0 aliphatic rings. The zero-order valence-electron chi connectivity index (χ0n) is 7.15. The van der Waals surface area contributed by atoms with Crippen LogP contribution in [-0.4, -0.2) is 17.1 Å². The molecule has 1 aromatic rings. The van der Waals surface area contributed by atoms with Crippen LogP contribution in [0.1, 0.15) is 10.4 Å². The van der Waals surface area contributed by atoms with Crippen molar-refractivity contribution in [2.24, 2.45) is 0 Å². The number of nitrogens with one attached hydrogen (secondary N) is 3. The number of benzene rings is 1. The normalized spacial score (nSPS) is 8.93. The van der Waals surface area contributed by atoms with E-state index in [1.807, 2.05) is 5.43 Å². The molecule has 0 radical (unpaired) electrons. The minimum atomic E-state index is -0.908. The molecule has 0 saturated heterocycles. The van der Waals surface area contributed by atoms with E-state index in [-0.39, 0.29) is 0 Å². The predicted molar refractivity (Wildman–Crippen MR) is 47.4 cm³/mol. The maximum Gasteiger partial charge on any atom is 0.357 e. The van der Waals surface area contributed by atoms with Gasteiger partial charge in [0.05, 0.1) is 0 Å². The molecule has 3 amide bonds. The molecule has 1 rings (SSSR count). The number of hydroxylamine groups is 1. The van der Waals surface area contributed by atoms with Gasteiger partial charge in [0.1, 0.15) is 0 Å². The van der Waals surface area contributed by atoms with Gasteiger partial charge in [-0.1, -0.05) is 18.2 Å². The zero-order chi connectivity index (χ0) is 10.4. The molecule has 0 aliphatic carbocycles. The molecule has 0 aromatic heterocycles. The van der Waals surface area contributed by atoms with Crippen molar-refractivity contribution in [3.63, 3.8) is 0 Å². The molecule has 0 aliphatic heterocycles. The Hall–Kier alpha value is -2.08. The van der Waals surface area contributed by atoms with E-state index >= 15 is 0 Å². The van der Waals surface area contributed by atoms with E-state index in [0.29, 0.717) is 5.56 Å². The summed E-state index contributed by atoms with van der Waals surface area (Å²) in [7, 11) is 0. The summed E-state index contributed by atoms with van der Waals surface area (Å²) < 4.78 is 0. The second-order valence-electron chi connectivity index (χ2n) is 2.39. The molecule has 6 nitrogen and oxygen atoms in total. The molecule has 0 atom stereocenters. The SMILES string of the molecule is O=C(NO)NNC(=O)c1ccccc1. The average molecular weight is 195 g/mol. The highest BCUT2D eigenvalue weighted by atomic mass is 16.5. The summed E-state index contributed by atoms with van der Waals surface area (Å²) in [6, 6.07) is 7.43. The minimum Gasteiger partial charge on any atom is -0.287 e. The number of carbonyl (C=O) groups excluding carboxylic acids is 2.